The largest absolute Gasteiger partial charge is 0.350 e. The van der Waals surface area contributed by atoms with E-state index in [-0.39, 0.29) is 0 Å². The minimum Gasteiger partial charge on any atom is -0.350 e. The molecule has 0 aromatic carbocycles. The van der Waals surface area contributed by atoms with E-state index in [0.717, 1.165) is 0 Å². The van der Waals surface area contributed by atoms with Crippen LogP contribution < -0.4 is 10.5 Å². The molecular formula is C4H12N2O3S. The lowest BCUT2D eigenvalue weighted by molar-refractivity contribution is 0.252. The molecule has 0 rings (SSSR count). The van der Waals surface area contributed by atoms with Gasteiger partial charge in [0, 0.05) is 0 Å². The van der Waals surface area contributed by atoms with Crippen LogP contribution in [0.15, 0.2) is 0 Å². The van der Waals surface area contributed by atoms with E-state index in [4.69, 9.17) is 9.11 Å². The van der Waals surface area contributed by atoms with Crippen LogP contribution in [0.3, 0.4) is 0 Å². The summed E-state index contributed by atoms with van der Waals surface area (Å²) in [5, 5.41) is -0.417. The quantitative estimate of drug-likeness (QED) is 0.489. The third kappa shape index (κ3) is 2.90. The highest BCUT2D eigenvalue weighted by molar-refractivity contribution is 8.23. The minimum absolute atomic E-state index is 0.417. The van der Waals surface area contributed by atoms with Crippen molar-refractivity contribution in [2.75, 3.05) is 0 Å². The summed E-state index contributed by atoms with van der Waals surface area (Å²) < 4.78 is 19.8. The molecule has 0 saturated carbocycles. The molecule has 0 aliphatic heterocycles. The van der Waals surface area contributed by atoms with Gasteiger partial charge < -0.3 is 5.73 Å². The molecule has 0 aliphatic carbocycles. The first-order valence-electron chi connectivity index (χ1n) is 2.70. The molecule has 0 unspecified atom stereocenters. The molecule has 0 fully saturated rings. The van der Waals surface area contributed by atoms with Gasteiger partial charge in [0.2, 0.25) is 0 Å². The lowest BCUT2D eigenvalue weighted by Crippen LogP contribution is -2.35. The van der Waals surface area contributed by atoms with E-state index in [1.807, 2.05) is 4.72 Å². The fraction of sp³-hybridized carbons (Fsp3) is 0.750. The third-order valence-electron chi connectivity index (χ3n) is 0.908. The molecule has 0 heterocycles. The van der Waals surface area contributed by atoms with E-state index in [0.29, 0.717) is 0 Å². The summed E-state index contributed by atoms with van der Waals surface area (Å²) in [7, 11) is -3.02. The van der Waals surface area contributed by atoms with Gasteiger partial charge in [0.15, 0.2) is 0 Å². The predicted octanol–water partition coefficient (Wildman–Crippen LogP) is 0.729. The number of nitrogens with one attached hydrogen (secondary N) is 1. The van der Waals surface area contributed by atoms with Crippen LogP contribution in [0.25, 0.3) is 0 Å². The first-order chi connectivity index (χ1) is 4.36. The summed E-state index contributed by atoms with van der Waals surface area (Å²) in [5.74, 6) is 0. The van der Waals surface area contributed by atoms with Gasteiger partial charge >= 0.3 is 6.03 Å². The summed E-state index contributed by atoms with van der Waals surface area (Å²) in [6.45, 7) is 3.15. The molecule has 2 amide bonds. The van der Waals surface area contributed by atoms with Crippen molar-refractivity contribution in [3.63, 3.8) is 0 Å². The van der Waals surface area contributed by atoms with Crippen molar-refractivity contribution < 1.29 is 13.9 Å². The fourth-order valence-corrected chi connectivity index (χ4v) is 0.798. The maximum atomic E-state index is 10.1. The Morgan fingerprint density at radius 2 is 2.00 bits per heavy atom. The SMILES string of the molecule is CC(C)S(O)(O)NC(N)=O. The Balaban J connectivity index is 3.99. The van der Waals surface area contributed by atoms with Crippen LogP contribution in [0.5, 0.6) is 0 Å². The van der Waals surface area contributed by atoms with Crippen LogP contribution in [0, 0.1) is 0 Å². The van der Waals surface area contributed by atoms with Gasteiger partial charge in [-0.15, -0.1) is 10.8 Å². The highest BCUT2D eigenvalue weighted by Crippen LogP contribution is 2.38. The fourth-order valence-electron chi connectivity index (χ4n) is 0.266. The molecule has 0 spiro atoms. The lowest BCUT2D eigenvalue weighted by atomic mass is 10.6. The molecule has 62 valence electrons. The second kappa shape index (κ2) is 3.09. The number of primary amides is 1. The van der Waals surface area contributed by atoms with Gasteiger partial charge in [-0.2, -0.15) is 0 Å². The Labute approximate surface area is 61.1 Å². The van der Waals surface area contributed by atoms with E-state index in [9.17, 15) is 4.79 Å². The van der Waals surface area contributed by atoms with Gasteiger partial charge in [-0.05, 0) is 13.8 Å². The standard InChI is InChI=1S/C4H12N2O3S/c1-3(2)10(8,9)6-4(5)7/h3,8-9H,1-2H3,(H3,5,6,7). The Bertz CT molecular complexity index is 136. The van der Waals surface area contributed by atoms with Crippen molar-refractivity contribution in [3.8, 4) is 0 Å². The number of hydrogen-bond donors (Lipinski definition) is 4. The third-order valence-corrected chi connectivity index (χ3v) is 2.72. The van der Waals surface area contributed by atoms with E-state index >= 15 is 0 Å². The van der Waals surface area contributed by atoms with Gasteiger partial charge in [0.25, 0.3) is 0 Å². The van der Waals surface area contributed by atoms with Crippen molar-refractivity contribution in [1.82, 2.24) is 4.72 Å². The molecule has 0 atom stereocenters. The maximum absolute atomic E-state index is 10.1. The Hall–Kier alpha value is -0.460. The van der Waals surface area contributed by atoms with E-state index in [1.165, 1.54) is 0 Å². The smallest absolute Gasteiger partial charge is 0.330 e. The molecule has 5 N–H and O–H groups in total. The van der Waals surface area contributed by atoms with E-state index < -0.39 is 22.1 Å². The molecule has 0 saturated heterocycles. The normalized spacial score (nSPS) is 13.3. The van der Waals surface area contributed by atoms with Gasteiger partial charge in [-0.3, -0.25) is 9.11 Å². The number of carbonyl (C=O) groups is 1. The summed E-state index contributed by atoms with van der Waals surface area (Å²) in [4.78, 5) is 10.1. The molecule has 0 aromatic rings. The molecule has 6 heteroatoms. The number of nitrogens with two attached hydrogens (primary N) is 1. The summed E-state index contributed by atoms with van der Waals surface area (Å²) in [6, 6.07) is -0.922. The molecule has 0 aliphatic rings. The number of hydrogen-bond acceptors (Lipinski definition) is 3. The van der Waals surface area contributed by atoms with E-state index in [1.54, 1.807) is 13.8 Å². The molecule has 0 radical (unpaired) electrons. The molecule has 5 nitrogen and oxygen atoms in total. The molecule has 0 bridgehead atoms. The van der Waals surface area contributed by atoms with Gasteiger partial charge in [0.05, 0.1) is 5.25 Å². The zero-order valence-electron chi connectivity index (χ0n) is 5.87. The minimum atomic E-state index is -3.02. The molecule has 0 aromatic heterocycles. The monoisotopic (exact) mass is 168 g/mol. The van der Waals surface area contributed by atoms with Crippen molar-refractivity contribution >= 4 is 16.8 Å². The highest BCUT2D eigenvalue weighted by atomic mass is 32.3. The Morgan fingerprint density at radius 1 is 1.60 bits per heavy atom. The second-order valence-electron chi connectivity index (χ2n) is 2.11. The summed E-state index contributed by atoms with van der Waals surface area (Å²) >= 11 is 0. The topological polar surface area (TPSA) is 95.6 Å². The van der Waals surface area contributed by atoms with Crippen LogP contribution in [-0.4, -0.2) is 20.4 Å². The Morgan fingerprint density at radius 3 is 2.10 bits per heavy atom. The molecular weight excluding hydrogens is 156 g/mol. The van der Waals surface area contributed by atoms with Crippen LogP contribution in [0.4, 0.5) is 4.79 Å². The maximum Gasteiger partial charge on any atom is 0.330 e. The van der Waals surface area contributed by atoms with Crippen molar-refractivity contribution in [2.45, 2.75) is 19.1 Å². The summed E-state index contributed by atoms with van der Waals surface area (Å²) in [5.41, 5.74) is 4.67. The van der Waals surface area contributed by atoms with Crippen LogP contribution in [0.2, 0.25) is 0 Å². The average Bonchev–Trinajstić information content (AvgIpc) is 1.60. The lowest BCUT2D eigenvalue weighted by Gasteiger charge is -2.35. The van der Waals surface area contributed by atoms with Crippen molar-refractivity contribution in [3.05, 3.63) is 0 Å². The zero-order chi connectivity index (χ0) is 8.36. The van der Waals surface area contributed by atoms with Gasteiger partial charge in [-0.25, -0.2) is 9.52 Å². The first-order valence-corrected chi connectivity index (χ1v) is 4.31. The first kappa shape index (κ1) is 9.54. The number of amides is 2. The Kier molecular flexibility index (Phi) is 2.95. The van der Waals surface area contributed by atoms with Crippen molar-refractivity contribution in [2.24, 2.45) is 5.73 Å². The van der Waals surface area contributed by atoms with E-state index in [2.05, 4.69) is 5.73 Å². The second-order valence-corrected chi connectivity index (χ2v) is 4.44. The van der Waals surface area contributed by atoms with Gasteiger partial charge in [0.1, 0.15) is 0 Å². The van der Waals surface area contributed by atoms with Crippen LogP contribution in [-0.2, 0) is 0 Å². The van der Waals surface area contributed by atoms with Crippen LogP contribution >= 0.6 is 10.8 Å². The molecule has 10 heavy (non-hydrogen) atoms. The number of carbonyl (C=O) groups excluding carboxylic acids is 1. The van der Waals surface area contributed by atoms with Crippen molar-refractivity contribution in [1.29, 1.82) is 0 Å². The number of urea groups is 1. The van der Waals surface area contributed by atoms with Crippen LogP contribution in [0.1, 0.15) is 13.8 Å². The average molecular weight is 168 g/mol. The predicted molar refractivity (Wildman–Crippen MR) is 40.7 cm³/mol. The summed E-state index contributed by atoms with van der Waals surface area (Å²) in [6.07, 6.45) is 0. The van der Waals surface area contributed by atoms with Gasteiger partial charge in [-0.1, -0.05) is 0 Å². The number of rotatable bonds is 2. The highest BCUT2D eigenvalue weighted by Gasteiger charge is 2.17. The zero-order valence-corrected chi connectivity index (χ0v) is 6.68.